The van der Waals surface area contributed by atoms with E-state index in [1.54, 1.807) is 0 Å². The van der Waals surface area contributed by atoms with Gasteiger partial charge in [0.1, 0.15) is 25.4 Å². The van der Waals surface area contributed by atoms with Gasteiger partial charge in [0.2, 0.25) is 0 Å². The highest BCUT2D eigenvalue weighted by atomic mass is 16.8. The van der Waals surface area contributed by atoms with Gasteiger partial charge in [-0.05, 0) is 13.0 Å². The molecule has 11 nitrogen and oxygen atoms in total. The molecule has 0 amide bonds. The Hall–Kier alpha value is -2.63. The normalized spacial score (nSPS) is 29.1. The molecule has 2 aliphatic rings. The summed E-state index contributed by atoms with van der Waals surface area (Å²) in [5.74, 6) is -0.708. The van der Waals surface area contributed by atoms with Crippen molar-refractivity contribution in [2.75, 3.05) is 19.8 Å². The van der Waals surface area contributed by atoms with Crippen LogP contribution < -0.4 is 0 Å². The number of esters is 1. The zero-order valence-electron chi connectivity index (χ0n) is 14.4. The second kappa shape index (κ2) is 8.37. The molecule has 0 spiro atoms. The smallest absolute Gasteiger partial charge is 0.459 e. The molecule has 0 radical (unpaired) electrons. The maximum absolute atomic E-state index is 11.9. The van der Waals surface area contributed by atoms with Crippen molar-refractivity contribution in [2.24, 2.45) is 0 Å². The zero-order chi connectivity index (χ0) is 20.2. The Morgan fingerprint density at radius 2 is 2.00 bits per heavy atom. The van der Waals surface area contributed by atoms with Gasteiger partial charge in [0.15, 0.2) is 17.8 Å². The average Bonchev–Trinajstić information content (AvgIpc) is 3.15. The van der Waals surface area contributed by atoms with E-state index in [2.05, 4.69) is 11.3 Å². The van der Waals surface area contributed by atoms with Gasteiger partial charge in [-0.2, -0.15) is 0 Å². The van der Waals surface area contributed by atoms with Crippen molar-refractivity contribution in [1.82, 2.24) is 0 Å². The molecule has 3 N–H and O–H groups in total. The van der Waals surface area contributed by atoms with E-state index in [9.17, 15) is 19.5 Å². The Kier molecular flexibility index (Phi) is 6.41. The molecule has 1 fully saturated rings. The van der Waals surface area contributed by atoms with Gasteiger partial charge in [-0.15, -0.1) is 0 Å². The van der Waals surface area contributed by atoms with E-state index in [1.165, 1.54) is 19.1 Å². The Bertz CT molecular complexity index is 642. The van der Waals surface area contributed by atoms with Crippen LogP contribution in [-0.2, 0) is 28.5 Å². The topological polar surface area (TPSA) is 158 Å². The molecule has 2 aliphatic heterocycles. The van der Waals surface area contributed by atoms with Crippen molar-refractivity contribution in [3.05, 3.63) is 24.3 Å². The summed E-state index contributed by atoms with van der Waals surface area (Å²) >= 11 is 0. The molecule has 1 saturated heterocycles. The first-order valence-corrected chi connectivity index (χ1v) is 7.90. The monoisotopic (exact) mass is 388 g/mol. The highest BCUT2D eigenvalue weighted by Gasteiger charge is 2.62. The molecule has 2 rings (SSSR count). The number of ether oxygens (including phenoxy) is 5. The summed E-state index contributed by atoms with van der Waals surface area (Å²) in [4.78, 5) is 34.5. The molecule has 0 aromatic carbocycles. The summed E-state index contributed by atoms with van der Waals surface area (Å²) < 4.78 is 25.2. The van der Waals surface area contributed by atoms with Gasteiger partial charge in [-0.25, -0.2) is 14.4 Å². The summed E-state index contributed by atoms with van der Waals surface area (Å²) in [5.41, 5.74) is -1.33. The van der Waals surface area contributed by atoms with Crippen LogP contribution >= 0.6 is 0 Å². The summed E-state index contributed by atoms with van der Waals surface area (Å²) in [6, 6.07) is 0. The number of carbonyl (C=O) groups excluding carboxylic acids is 2. The number of aliphatic hydroxyl groups is 2. The lowest BCUT2D eigenvalue weighted by molar-refractivity contribution is -0.149. The maximum Gasteiger partial charge on any atom is 0.508 e. The number of aliphatic hydroxyl groups excluding tert-OH is 2. The fraction of sp³-hybridized carbons (Fsp3) is 0.562. The van der Waals surface area contributed by atoms with Crippen LogP contribution in [0, 0.1) is 0 Å². The minimum Gasteiger partial charge on any atom is -0.459 e. The molecule has 0 aromatic heterocycles. The van der Waals surface area contributed by atoms with E-state index in [-0.39, 0.29) is 12.2 Å². The highest BCUT2D eigenvalue weighted by molar-refractivity contribution is 5.87. The largest absolute Gasteiger partial charge is 0.508 e. The molecule has 5 unspecified atom stereocenters. The van der Waals surface area contributed by atoms with Gasteiger partial charge in [0.25, 0.3) is 0 Å². The van der Waals surface area contributed by atoms with Crippen LogP contribution in [0.3, 0.4) is 0 Å². The zero-order valence-corrected chi connectivity index (χ0v) is 14.4. The molecular formula is C16H20O11. The quantitative estimate of drug-likeness (QED) is 0.218. The fourth-order valence-corrected chi connectivity index (χ4v) is 2.61. The fourth-order valence-electron chi connectivity index (χ4n) is 2.61. The van der Waals surface area contributed by atoms with Gasteiger partial charge < -0.3 is 39.0 Å². The third-order valence-electron chi connectivity index (χ3n) is 3.87. The van der Waals surface area contributed by atoms with E-state index in [0.717, 1.165) is 0 Å². The van der Waals surface area contributed by atoms with Crippen LogP contribution in [0.25, 0.3) is 0 Å². The van der Waals surface area contributed by atoms with Crippen molar-refractivity contribution in [3.8, 4) is 0 Å². The second-order valence-corrected chi connectivity index (χ2v) is 6.04. The first-order valence-electron chi connectivity index (χ1n) is 7.90. The van der Waals surface area contributed by atoms with Crippen LogP contribution in [0.2, 0.25) is 0 Å². The van der Waals surface area contributed by atoms with Crippen molar-refractivity contribution >= 4 is 18.3 Å². The molecule has 2 heterocycles. The molecular weight excluding hydrogens is 368 g/mol. The van der Waals surface area contributed by atoms with Gasteiger partial charge >= 0.3 is 18.3 Å². The molecule has 11 heteroatoms. The van der Waals surface area contributed by atoms with Crippen molar-refractivity contribution in [1.29, 1.82) is 0 Å². The second-order valence-electron chi connectivity index (χ2n) is 6.04. The van der Waals surface area contributed by atoms with Gasteiger partial charge in [-0.1, -0.05) is 12.7 Å². The van der Waals surface area contributed by atoms with Crippen LogP contribution in [0.4, 0.5) is 9.59 Å². The lowest BCUT2D eigenvalue weighted by Crippen LogP contribution is -2.50. The molecule has 2 bridgehead atoms. The van der Waals surface area contributed by atoms with Gasteiger partial charge in [-0.3, -0.25) is 0 Å². The minimum atomic E-state index is -1.61. The third kappa shape index (κ3) is 4.76. The van der Waals surface area contributed by atoms with Crippen molar-refractivity contribution < 1.29 is 53.4 Å². The average molecular weight is 388 g/mol. The highest BCUT2D eigenvalue weighted by Crippen LogP contribution is 2.42. The van der Waals surface area contributed by atoms with Crippen LogP contribution in [0.5, 0.6) is 0 Å². The number of fused-ring (bicyclic) bond motifs is 2. The summed E-state index contributed by atoms with van der Waals surface area (Å²) in [6.45, 7) is 3.33. The Morgan fingerprint density at radius 1 is 1.30 bits per heavy atom. The van der Waals surface area contributed by atoms with E-state index in [0.29, 0.717) is 0 Å². The maximum atomic E-state index is 11.9. The number of carboxylic acid groups (broad SMARTS) is 1. The molecule has 0 aliphatic carbocycles. The van der Waals surface area contributed by atoms with E-state index in [1.807, 2.05) is 0 Å². The number of hydrogen-bond donors (Lipinski definition) is 3. The van der Waals surface area contributed by atoms with Crippen molar-refractivity contribution in [3.63, 3.8) is 0 Å². The first-order chi connectivity index (χ1) is 12.7. The first kappa shape index (κ1) is 20.7. The number of hydrogen-bond acceptors (Lipinski definition) is 10. The minimum absolute atomic E-state index is 0.135. The number of rotatable bonds is 8. The molecule has 5 atom stereocenters. The summed E-state index contributed by atoms with van der Waals surface area (Å²) in [7, 11) is 0. The SMILES string of the molecule is C=C(C)C(=O)OCC12C=CC(O1)C(OC(=O)O)C2OC(=O)OCC(O)CO. The third-order valence-corrected chi connectivity index (χ3v) is 3.87. The van der Waals surface area contributed by atoms with Crippen molar-refractivity contribution in [2.45, 2.75) is 36.9 Å². The lowest BCUT2D eigenvalue weighted by Gasteiger charge is -2.31. The van der Waals surface area contributed by atoms with Crippen LogP contribution in [0.1, 0.15) is 6.92 Å². The number of carbonyl (C=O) groups is 3. The lowest BCUT2D eigenvalue weighted by atomic mass is 9.90. The molecule has 150 valence electrons. The predicted molar refractivity (Wildman–Crippen MR) is 84.7 cm³/mol. The Balaban J connectivity index is 2.12. The van der Waals surface area contributed by atoms with Gasteiger partial charge in [0.05, 0.1) is 6.61 Å². The standard InChI is InChI=1S/C16H20O11/c1-8(2)13(19)24-7-16-4-3-10(27-16)11(25-14(20)21)12(16)26-15(22)23-6-9(18)5-17/h3-4,9-12,17-18H,1,5-7H2,2H3,(H,20,21). The van der Waals surface area contributed by atoms with E-state index in [4.69, 9.17) is 29.2 Å². The van der Waals surface area contributed by atoms with E-state index >= 15 is 0 Å². The molecule has 27 heavy (non-hydrogen) atoms. The Labute approximate surface area is 153 Å². The van der Waals surface area contributed by atoms with Crippen LogP contribution in [-0.4, -0.2) is 83.4 Å². The van der Waals surface area contributed by atoms with Gasteiger partial charge in [0, 0.05) is 5.57 Å². The molecule has 0 aromatic rings. The Morgan fingerprint density at radius 3 is 2.59 bits per heavy atom. The summed E-state index contributed by atoms with van der Waals surface area (Å²) in [6.07, 6.45) is -4.56. The van der Waals surface area contributed by atoms with Crippen LogP contribution in [0.15, 0.2) is 24.3 Å². The van der Waals surface area contributed by atoms with E-state index < -0.39 is 61.5 Å². The molecule has 0 saturated carbocycles. The predicted octanol–water partition coefficient (Wildman–Crippen LogP) is -0.249. The summed E-state index contributed by atoms with van der Waals surface area (Å²) in [5, 5.41) is 26.8.